The summed E-state index contributed by atoms with van der Waals surface area (Å²) in [5, 5.41) is 4.10. The predicted molar refractivity (Wildman–Crippen MR) is 92.2 cm³/mol. The van der Waals surface area contributed by atoms with Crippen LogP contribution in [0.15, 0.2) is 24.0 Å². The maximum Gasteiger partial charge on any atom is 0.378 e. The third-order valence-corrected chi connectivity index (χ3v) is 4.70. The molecule has 1 fully saturated rings. The van der Waals surface area contributed by atoms with Crippen LogP contribution in [0.25, 0.3) is 5.78 Å². The molecule has 2 heterocycles. The van der Waals surface area contributed by atoms with Gasteiger partial charge in [0.25, 0.3) is 17.5 Å². The van der Waals surface area contributed by atoms with E-state index >= 15 is 0 Å². The molecule has 136 valence electrons. The highest BCUT2D eigenvalue weighted by atomic mass is 16.5. The second-order valence-electron chi connectivity index (χ2n) is 6.75. The zero-order chi connectivity index (χ0) is 18.1. The standard InChI is InChI=1S/C18H21N5O3/c1-12-9-10-19-18-20-16(21-23(12)18)17(25)26-11-15(24)22(14-7-8-14)13-5-3-2-4-6-13/h5,9-10,14H,2-4,6-8,11H2,1H3. The lowest BCUT2D eigenvalue weighted by molar-refractivity contribution is -0.133. The molecule has 0 atom stereocenters. The Labute approximate surface area is 150 Å². The van der Waals surface area contributed by atoms with Crippen LogP contribution >= 0.6 is 0 Å². The SMILES string of the molecule is Cc1ccnc2nc(C(=O)OCC(=O)N(C3=CCCCC3)C3CC3)nn12. The van der Waals surface area contributed by atoms with Crippen LogP contribution in [0.1, 0.15) is 54.8 Å². The molecule has 0 N–H and O–H groups in total. The molecule has 2 aromatic heterocycles. The van der Waals surface area contributed by atoms with E-state index in [1.165, 1.54) is 4.52 Å². The molecule has 4 rings (SSSR count). The molecule has 2 aliphatic carbocycles. The van der Waals surface area contributed by atoms with Crippen molar-refractivity contribution in [3.8, 4) is 0 Å². The number of carbonyl (C=O) groups is 2. The summed E-state index contributed by atoms with van der Waals surface area (Å²) < 4.78 is 6.66. The largest absolute Gasteiger partial charge is 0.450 e. The Bertz CT molecular complexity index is 884. The van der Waals surface area contributed by atoms with Gasteiger partial charge in [-0.25, -0.2) is 14.3 Å². The van der Waals surface area contributed by atoms with E-state index in [1.54, 1.807) is 12.3 Å². The van der Waals surface area contributed by atoms with Gasteiger partial charge in [-0.3, -0.25) is 4.79 Å². The maximum atomic E-state index is 12.6. The molecule has 0 radical (unpaired) electrons. The van der Waals surface area contributed by atoms with Crippen molar-refractivity contribution < 1.29 is 14.3 Å². The molecule has 26 heavy (non-hydrogen) atoms. The zero-order valence-electron chi connectivity index (χ0n) is 14.7. The van der Waals surface area contributed by atoms with Crippen molar-refractivity contribution in [3.63, 3.8) is 0 Å². The number of amides is 1. The number of esters is 1. The van der Waals surface area contributed by atoms with Crippen molar-refractivity contribution in [2.75, 3.05) is 6.61 Å². The molecule has 1 amide bonds. The molecule has 0 unspecified atom stereocenters. The first-order valence-corrected chi connectivity index (χ1v) is 9.00. The highest BCUT2D eigenvalue weighted by Crippen LogP contribution is 2.33. The second-order valence-corrected chi connectivity index (χ2v) is 6.75. The molecule has 1 saturated carbocycles. The monoisotopic (exact) mass is 355 g/mol. The summed E-state index contributed by atoms with van der Waals surface area (Å²) >= 11 is 0. The van der Waals surface area contributed by atoms with E-state index in [0.29, 0.717) is 5.78 Å². The molecule has 0 bridgehead atoms. The van der Waals surface area contributed by atoms with Crippen molar-refractivity contribution in [2.45, 2.75) is 51.5 Å². The number of ether oxygens (including phenoxy) is 1. The fourth-order valence-corrected chi connectivity index (χ4v) is 3.23. The fraction of sp³-hybridized carbons (Fsp3) is 0.500. The van der Waals surface area contributed by atoms with Gasteiger partial charge in [0.05, 0.1) is 0 Å². The van der Waals surface area contributed by atoms with Crippen LogP contribution in [0.2, 0.25) is 0 Å². The number of allylic oxidation sites excluding steroid dienone is 2. The first kappa shape index (κ1) is 16.7. The van der Waals surface area contributed by atoms with Crippen molar-refractivity contribution in [3.05, 3.63) is 35.6 Å². The molecule has 8 heteroatoms. The number of aromatic nitrogens is 4. The third-order valence-electron chi connectivity index (χ3n) is 4.70. The first-order valence-electron chi connectivity index (χ1n) is 9.00. The third kappa shape index (κ3) is 3.31. The summed E-state index contributed by atoms with van der Waals surface area (Å²) in [6, 6.07) is 2.02. The highest BCUT2D eigenvalue weighted by molar-refractivity contribution is 5.88. The topological polar surface area (TPSA) is 89.7 Å². The van der Waals surface area contributed by atoms with E-state index in [4.69, 9.17) is 4.74 Å². The zero-order valence-corrected chi connectivity index (χ0v) is 14.7. The summed E-state index contributed by atoms with van der Waals surface area (Å²) in [7, 11) is 0. The minimum Gasteiger partial charge on any atom is -0.450 e. The first-order chi connectivity index (χ1) is 12.6. The van der Waals surface area contributed by atoms with Gasteiger partial charge in [0, 0.05) is 23.6 Å². The smallest absolute Gasteiger partial charge is 0.378 e. The van der Waals surface area contributed by atoms with Crippen LogP contribution in [0.3, 0.4) is 0 Å². The Morgan fingerprint density at radius 2 is 2.19 bits per heavy atom. The summed E-state index contributed by atoms with van der Waals surface area (Å²) in [6.07, 6.45) is 9.94. The molecule has 0 aliphatic heterocycles. The number of fused-ring (bicyclic) bond motifs is 1. The Balaban J connectivity index is 1.43. The normalized spacial score (nSPS) is 17.0. The Hall–Kier alpha value is -2.77. The van der Waals surface area contributed by atoms with E-state index in [9.17, 15) is 9.59 Å². The maximum absolute atomic E-state index is 12.6. The van der Waals surface area contributed by atoms with Gasteiger partial charge in [-0.2, -0.15) is 4.98 Å². The lowest BCUT2D eigenvalue weighted by Gasteiger charge is -2.27. The molecule has 8 nitrogen and oxygen atoms in total. The Morgan fingerprint density at radius 3 is 2.88 bits per heavy atom. The lowest BCUT2D eigenvalue weighted by Crippen LogP contribution is -2.36. The van der Waals surface area contributed by atoms with Crippen molar-refractivity contribution >= 4 is 17.7 Å². The second kappa shape index (κ2) is 6.86. The van der Waals surface area contributed by atoms with Crippen LogP contribution in [0.5, 0.6) is 0 Å². The van der Waals surface area contributed by atoms with Crippen LogP contribution in [-0.4, -0.2) is 49.0 Å². The minimum absolute atomic E-state index is 0.0885. The lowest BCUT2D eigenvalue weighted by atomic mass is 10.0. The quantitative estimate of drug-likeness (QED) is 0.763. The summed E-state index contributed by atoms with van der Waals surface area (Å²) in [4.78, 5) is 34.8. The molecular weight excluding hydrogens is 334 g/mol. The van der Waals surface area contributed by atoms with Crippen LogP contribution in [-0.2, 0) is 9.53 Å². The predicted octanol–water partition coefficient (Wildman–Crippen LogP) is 2.04. The van der Waals surface area contributed by atoms with Crippen molar-refractivity contribution in [1.29, 1.82) is 0 Å². The fourth-order valence-electron chi connectivity index (χ4n) is 3.23. The van der Waals surface area contributed by atoms with Gasteiger partial charge in [0.2, 0.25) is 0 Å². The highest BCUT2D eigenvalue weighted by Gasteiger charge is 2.35. The number of nitrogens with zero attached hydrogens (tertiary/aromatic N) is 5. The summed E-state index contributed by atoms with van der Waals surface area (Å²) in [6.45, 7) is 1.54. The molecule has 2 aliphatic rings. The van der Waals surface area contributed by atoms with Crippen molar-refractivity contribution in [2.24, 2.45) is 0 Å². The number of hydrogen-bond donors (Lipinski definition) is 0. The van der Waals surface area contributed by atoms with Crippen molar-refractivity contribution in [1.82, 2.24) is 24.5 Å². The average molecular weight is 355 g/mol. The Morgan fingerprint density at radius 1 is 1.35 bits per heavy atom. The van der Waals surface area contributed by atoms with Gasteiger partial charge >= 0.3 is 5.97 Å². The average Bonchev–Trinajstić information content (AvgIpc) is 3.37. The van der Waals surface area contributed by atoms with Crippen LogP contribution < -0.4 is 0 Å². The van der Waals surface area contributed by atoms with E-state index in [-0.39, 0.29) is 24.4 Å². The van der Waals surface area contributed by atoms with Gasteiger partial charge in [-0.1, -0.05) is 6.08 Å². The van der Waals surface area contributed by atoms with E-state index in [2.05, 4.69) is 21.1 Å². The summed E-state index contributed by atoms with van der Waals surface area (Å²) in [5.41, 5.74) is 1.88. The number of hydrogen-bond acceptors (Lipinski definition) is 6. The molecule has 0 saturated heterocycles. The minimum atomic E-state index is -0.711. The number of aryl methyl sites for hydroxylation is 1. The van der Waals surface area contributed by atoms with Gasteiger partial charge in [0.15, 0.2) is 6.61 Å². The van der Waals surface area contributed by atoms with Gasteiger partial charge in [-0.15, -0.1) is 5.10 Å². The van der Waals surface area contributed by atoms with Gasteiger partial charge in [-0.05, 0) is 51.5 Å². The number of carbonyl (C=O) groups excluding carboxylic acids is 2. The molecule has 0 spiro atoms. The summed E-state index contributed by atoms with van der Waals surface area (Å²) in [5.74, 6) is -0.645. The molecule has 0 aromatic carbocycles. The number of rotatable bonds is 5. The van der Waals surface area contributed by atoms with Crippen LogP contribution in [0, 0.1) is 6.92 Å². The van der Waals surface area contributed by atoms with Crippen LogP contribution in [0.4, 0.5) is 0 Å². The van der Waals surface area contributed by atoms with Gasteiger partial charge < -0.3 is 9.64 Å². The van der Waals surface area contributed by atoms with E-state index < -0.39 is 5.97 Å². The molecule has 2 aromatic rings. The molecular formula is C18H21N5O3. The van der Waals surface area contributed by atoms with E-state index in [1.807, 2.05) is 11.8 Å². The van der Waals surface area contributed by atoms with E-state index in [0.717, 1.165) is 49.9 Å². The Kier molecular flexibility index (Phi) is 4.40. The van der Waals surface area contributed by atoms with Gasteiger partial charge in [0.1, 0.15) is 0 Å².